The van der Waals surface area contributed by atoms with Crippen LogP contribution in [0.5, 0.6) is 0 Å². The van der Waals surface area contributed by atoms with Crippen LogP contribution >= 0.6 is 31.0 Å². The molecule has 3 aromatic carbocycles. The molecule has 0 radical (unpaired) electrons. The minimum Gasteiger partial charge on any atom is -0.289 e. The second kappa shape index (κ2) is 9.49. The molecular formula is C22H10Cl2F6O3P+. The summed E-state index contributed by atoms with van der Waals surface area (Å²) >= 11 is 12.1. The molecule has 3 aromatic rings. The predicted octanol–water partition coefficient (Wildman–Crippen LogP) is 7.56. The highest BCUT2D eigenvalue weighted by Gasteiger charge is 2.49. The summed E-state index contributed by atoms with van der Waals surface area (Å²) in [5.74, 6) is -0.689. The number of alkyl halides is 6. The fraction of sp³-hybridized carbons (Fsp3) is 0.0909. The highest BCUT2D eigenvalue weighted by molar-refractivity contribution is 7.72. The van der Waals surface area contributed by atoms with Gasteiger partial charge in [-0.3, -0.25) is 4.79 Å². The molecule has 0 heterocycles. The molecule has 0 spiro atoms. The van der Waals surface area contributed by atoms with Crippen LogP contribution in [0.2, 0.25) is 10.0 Å². The third-order valence-electron chi connectivity index (χ3n) is 4.62. The van der Waals surface area contributed by atoms with Gasteiger partial charge in [-0.2, -0.15) is 26.3 Å². The van der Waals surface area contributed by atoms with E-state index in [1.807, 2.05) is 0 Å². The molecule has 0 saturated heterocycles. The molecule has 0 saturated carbocycles. The number of halogens is 8. The molecule has 0 amide bonds. The Kier molecular flexibility index (Phi) is 7.22. The zero-order valence-electron chi connectivity index (χ0n) is 16.5. The van der Waals surface area contributed by atoms with E-state index in [9.17, 15) is 40.5 Å². The Bertz CT molecular complexity index is 1270. The van der Waals surface area contributed by atoms with Crippen LogP contribution in [-0.4, -0.2) is 11.3 Å². The second-order valence-electron chi connectivity index (χ2n) is 6.78. The maximum atomic E-state index is 13.4. The number of carbonyl (C=O) groups excluding carboxylic acids is 2. The largest absolute Gasteiger partial charge is 0.461 e. The van der Waals surface area contributed by atoms with E-state index in [-0.39, 0.29) is 23.3 Å². The summed E-state index contributed by atoms with van der Waals surface area (Å²) in [5.41, 5.74) is -7.79. The summed E-state index contributed by atoms with van der Waals surface area (Å²) in [5, 5.41) is -1.83. The molecular weight excluding hydrogens is 528 g/mol. The molecule has 0 N–H and O–H groups in total. The summed E-state index contributed by atoms with van der Waals surface area (Å²) < 4.78 is 93.7. The van der Waals surface area contributed by atoms with E-state index in [4.69, 9.17) is 23.2 Å². The Labute approximate surface area is 199 Å². The maximum Gasteiger partial charge on any atom is 0.461 e. The average Bonchev–Trinajstić information content (AvgIpc) is 2.77. The molecule has 0 fully saturated rings. The monoisotopic (exact) mass is 537 g/mol. The molecule has 0 aromatic heterocycles. The van der Waals surface area contributed by atoms with Gasteiger partial charge >= 0.3 is 25.7 Å². The van der Waals surface area contributed by atoms with Gasteiger partial charge in [0.1, 0.15) is 5.02 Å². The Hall–Kier alpha value is -2.74. The van der Waals surface area contributed by atoms with Crippen LogP contribution in [0.25, 0.3) is 0 Å². The number of ketones is 1. The van der Waals surface area contributed by atoms with Crippen molar-refractivity contribution in [1.29, 1.82) is 0 Å². The first-order valence-corrected chi connectivity index (χ1v) is 11.1. The van der Waals surface area contributed by atoms with Crippen molar-refractivity contribution in [1.82, 2.24) is 0 Å². The van der Waals surface area contributed by atoms with E-state index < -0.39 is 63.5 Å². The average molecular weight is 538 g/mol. The van der Waals surface area contributed by atoms with Gasteiger partial charge in [0.25, 0.3) is 0 Å². The predicted molar refractivity (Wildman–Crippen MR) is 114 cm³/mol. The number of hydrogen-bond donors (Lipinski definition) is 0. The van der Waals surface area contributed by atoms with E-state index in [1.54, 1.807) is 6.07 Å². The molecule has 0 aliphatic rings. The first-order chi connectivity index (χ1) is 15.7. The van der Waals surface area contributed by atoms with Gasteiger partial charge in [-0.15, -0.1) is 0 Å². The lowest BCUT2D eigenvalue weighted by atomic mass is 10.0. The van der Waals surface area contributed by atoms with Gasteiger partial charge in [0, 0.05) is 11.1 Å². The summed E-state index contributed by atoms with van der Waals surface area (Å²) in [4.78, 5) is 25.6. The quantitative estimate of drug-likeness (QED) is 0.192. The van der Waals surface area contributed by atoms with E-state index in [1.165, 1.54) is 24.3 Å². The first-order valence-electron chi connectivity index (χ1n) is 9.12. The van der Waals surface area contributed by atoms with Gasteiger partial charge in [-0.25, -0.2) is 4.79 Å². The van der Waals surface area contributed by atoms with Gasteiger partial charge in [-0.1, -0.05) is 64.2 Å². The van der Waals surface area contributed by atoms with Crippen molar-refractivity contribution in [2.45, 2.75) is 12.4 Å². The van der Waals surface area contributed by atoms with E-state index >= 15 is 0 Å². The topological polar surface area (TPSA) is 51.2 Å². The molecule has 0 aliphatic heterocycles. The Balaban J connectivity index is 2.19. The van der Waals surface area contributed by atoms with Gasteiger partial charge in [0.15, 0.2) is 5.78 Å². The first kappa shape index (κ1) is 25.9. The minimum absolute atomic E-state index is 0.140. The fourth-order valence-electron chi connectivity index (χ4n) is 3.11. The van der Waals surface area contributed by atoms with Crippen LogP contribution in [-0.2, 0) is 16.9 Å². The zero-order chi connectivity index (χ0) is 25.4. The highest BCUT2D eigenvalue weighted by Crippen LogP contribution is 2.44. The summed E-state index contributed by atoms with van der Waals surface area (Å²) in [6, 6.07) is 10.7. The molecule has 1 unspecified atom stereocenters. The zero-order valence-corrected chi connectivity index (χ0v) is 18.9. The van der Waals surface area contributed by atoms with E-state index in [0.29, 0.717) is 6.07 Å². The highest BCUT2D eigenvalue weighted by atomic mass is 35.5. The van der Waals surface area contributed by atoms with Crippen LogP contribution in [0.15, 0.2) is 60.7 Å². The summed E-state index contributed by atoms with van der Waals surface area (Å²) in [7, 11) is -3.70. The summed E-state index contributed by atoms with van der Waals surface area (Å²) in [6.07, 6.45) is -10.7. The van der Waals surface area contributed by atoms with E-state index in [0.717, 1.165) is 12.1 Å². The lowest BCUT2D eigenvalue weighted by Gasteiger charge is -2.15. The Morgan fingerprint density at radius 2 is 1.26 bits per heavy atom. The smallest absolute Gasteiger partial charge is 0.289 e. The van der Waals surface area contributed by atoms with Crippen molar-refractivity contribution >= 4 is 47.6 Å². The second-order valence-corrected chi connectivity index (χ2v) is 9.00. The van der Waals surface area contributed by atoms with Gasteiger partial charge in [-0.05, 0) is 24.3 Å². The number of carbonyl (C=O) groups is 2. The molecule has 176 valence electrons. The van der Waals surface area contributed by atoms with E-state index in [2.05, 4.69) is 0 Å². The number of rotatable bonds is 5. The van der Waals surface area contributed by atoms with Crippen molar-refractivity contribution in [3.05, 3.63) is 98.5 Å². The van der Waals surface area contributed by atoms with Crippen LogP contribution in [0.3, 0.4) is 0 Å². The Morgan fingerprint density at radius 1 is 0.735 bits per heavy atom. The van der Waals surface area contributed by atoms with Crippen molar-refractivity contribution in [2.24, 2.45) is 0 Å². The minimum atomic E-state index is -5.36. The normalized spacial score (nSPS) is 12.4. The lowest BCUT2D eigenvalue weighted by Crippen LogP contribution is -2.21. The molecule has 1 atom stereocenters. The summed E-state index contributed by atoms with van der Waals surface area (Å²) in [6.45, 7) is 0. The van der Waals surface area contributed by atoms with Gasteiger partial charge < -0.3 is 0 Å². The number of hydrogen-bond acceptors (Lipinski definition) is 3. The van der Waals surface area contributed by atoms with Gasteiger partial charge in [0.2, 0.25) is 5.30 Å². The molecule has 3 rings (SSSR count). The van der Waals surface area contributed by atoms with Gasteiger partial charge in [0.05, 0.1) is 21.7 Å². The van der Waals surface area contributed by atoms with Crippen LogP contribution < -0.4 is 5.30 Å². The maximum absolute atomic E-state index is 13.4. The van der Waals surface area contributed by atoms with Crippen molar-refractivity contribution in [3.8, 4) is 0 Å². The SMILES string of the molecule is O=C(c1ccccc1)c1ccc(Cl)c([P+](=O)C(=O)c2c(C(F)(F)F)cccc2C(F)(F)F)c1Cl. The van der Waals surface area contributed by atoms with Crippen LogP contribution in [0.1, 0.15) is 37.4 Å². The standard InChI is InChI=1S/C22H10Cl2F6O3P/c23-15-10-9-12(18(31)11-5-2-1-3-6-11)17(24)19(15)34(33)20(32)16-13(21(25,26)27)7-4-8-14(16)22(28,29)30/h1-10H/q+1. The Morgan fingerprint density at radius 3 is 1.76 bits per heavy atom. The molecule has 12 heteroatoms. The van der Waals surface area contributed by atoms with Crippen molar-refractivity contribution < 1.29 is 40.5 Å². The molecule has 0 aliphatic carbocycles. The molecule has 3 nitrogen and oxygen atoms in total. The third kappa shape index (κ3) is 5.02. The third-order valence-corrected chi connectivity index (χ3v) is 7.06. The molecule has 34 heavy (non-hydrogen) atoms. The fourth-order valence-corrected chi connectivity index (χ4v) is 5.24. The van der Waals surface area contributed by atoms with Crippen molar-refractivity contribution in [3.63, 3.8) is 0 Å². The lowest BCUT2D eigenvalue weighted by molar-refractivity contribution is -0.143. The van der Waals surface area contributed by atoms with Crippen LogP contribution in [0, 0.1) is 0 Å². The number of benzene rings is 3. The molecule has 0 bridgehead atoms. The van der Waals surface area contributed by atoms with Crippen LogP contribution in [0.4, 0.5) is 26.3 Å². The van der Waals surface area contributed by atoms with Crippen molar-refractivity contribution in [2.75, 3.05) is 0 Å².